The molecule has 0 saturated carbocycles. The molecule has 0 radical (unpaired) electrons. The number of rotatable bonds is 6. The number of nitrogens with two attached hydrogens (primary N) is 1. The normalized spacial score (nSPS) is 24.7. The Morgan fingerprint density at radius 2 is 2.30 bits per heavy atom. The Kier molecular flexibility index (Phi) is 5.18. The van der Waals surface area contributed by atoms with Gasteiger partial charge in [0.15, 0.2) is 0 Å². The van der Waals surface area contributed by atoms with E-state index in [-0.39, 0.29) is 5.54 Å². The Morgan fingerprint density at radius 1 is 1.55 bits per heavy atom. The van der Waals surface area contributed by atoms with Crippen molar-refractivity contribution in [1.82, 2.24) is 9.80 Å². The third-order valence-electron chi connectivity index (χ3n) is 3.62. The van der Waals surface area contributed by atoms with Gasteiger partial charge in [0.05, 0.1) is 0 Å². The number of nitrogens with zero attached hydrogens (tertiary/aromatic N) is 2. The highest BCUT2D eigenvalue weighted by atomic mass is 32.1. The summed E-state index contributed by atoms with van der Waals surface area (Å²) in [6, 6.07) is 4.47. The molecule has 1 aliphatic rings. The van der Waals surface area contributed by atoms with Crippen LogP contribution in [0, 0.1) is 0 Å². The number of likely N-dealkylation sites (N-methyl/N-ethyl adjacent to an activating group) is 1. The Bertz CT molecular complexity index is 402. The van der Waals surface area contributed by atoms with Crippen LogP contribution in [0.5, 0.6) is 0 Å². The van der Waals surface area contributed by atoms with Crippen molar-refractivity contribution in [1.29, 1.82) is 0 Å². The maximum atomic E-state index is 13.8. The zero-order chi connectivity index (χ0) is 14.8. The van der Waals surface area contributed by atoms with Gasteiger partial charge in [0, 0.05) is 42.6 Å². The minimum absolute atomic E-state index is 0.207. The van der Waals surface area contributed by atoms with E-state index in [0.717, 1.165) is 19.6 Å². The van der Waals surface area contributed by atoms with Crippen molar-refractivity contribution < 1.29 is 4.39 Å². The Morgan fingerprint density at radius 3 is 2.90 bits per heavy atom. The molecule has 1 fully saturated rings. The zero-order valence-corrected chi connectivity index (χ0v) is 13.5. The molecule has 3 nitrogen and oxygen atoms in total. The van der Waals surface area contributed by atoms with E-state index in [1.165, 1.54) is 4.88 Å². The van der Waals surface area contributed by atoms with Crippen molar-refractivity contribution in [3.8, 4) is 0 Å². The summed E-state index contributed by atoms with van der Waals surface area (Å²) >= 11 is 1.74. The lowest BCUT2D eigenvalue weighted by molar-refractivity contribution is 0.170. The van der Waals surface area contributed by atoms with Crippen LogP contribution in [0.25, 0.3) is 0 Å². The Labute approximate surface area is 125 Å². The molecular formula is C15H26FN3S. The molecule has 1 aromatic heterocycles. The third kappa shape index (κ3) is 4.81. The second-order valence-electron chi connectivity index (χ2n) is 6.68. The van der Waals surface area contributed by atoms with Crippen LogP contribution in [0.3, 0.4) is 0 Å². The summed E-state index contributed by atoms with van der Waals surface area (Å²) in [5, 5.41) is 2.08. The summed E-state index contributed by atoms with van der Waals surface area (Å²) in [5.74, 6) is 0. The second-order valence-corrected chi connectivity index (χ2v) is 7.71. The minimum atomic E-state index is -0.695. The highest BCUT2D eigenvalue weighted by molar-refractivity contribution is 7.09. The molecule has 0 aliphatic carbocycles. The Hall–Kier alpha value is -0.490. The quantitative estimate of drug-likeness (QED) is 0.875. The van der Waals surface area contributed by atoms with Crippen molar-refractivity contribution in [2.45, 2.75) is 44.6 Å². The maximum Gasteiger partial charge on any atom is 0.114 e. The zero-order valence-electron chi connectivity index (χ0n) is 12.7. The van der Waals surface area contributed by atoms with Crippen molar-refractivity contribution in [2.24, 2.45) is 5.73 Å². The van der Waals surface area contributed by atoms with Gasteiger partial charge in [0.2, 0.25) is 0 Å². The van der Waals surface area contributed by atoms with Gasteiger partial charge in [-0.25, -0.2) is 4.39 Å². The molecule has 114 valence electrons. The third-order valence-corrected chi connectivity index (χ3v) is 4.48. The predicted molar refractivity (Wildman–Crippen MR) is 83.8 cm³/mol. The highest BCUT2D eigenvalue weighted by Crippen LogP contribution is 2.24. The number of hydrogen-bond acceptors (Lipinski definition) is 4. The van der Waals surface area contributed by atoms with E-state index >= 15 is 0 Å². The van der Waals surface area contributed by atoms with Crippen LogP contribution >= 0.6 is 11.3 Å². The first kappa shape index (κ1) is 15.9. The van der Waals surface area contributed by atoms with Gasteiger partial charge >= 0.3 is 0 Å². The van der Waals surface area contributed by atoms with Crippen molar-refractivity contribution in [2.75, 3.05) is 26.7 Å². The van der Waals surface area contributed by atoms with Gasteiger partial charge in [-0.3, -0.25) is 4.90 Å². The van der Waals surface area contributed by atoms with Crippen LogP contribution < -0.4 is 5.73 Å². The number of thiophene rings is 1. The molecule has 2 heterocycles. The largest absolute Gasteiger partial charge is 0.324 e. The lowest BCUT2D eigenvalue weighted by atomic mass is 10.1. The first-order chi connectivity index (χ1) is 9.33. The van der Waals surface area contributed by atoms with Gasteiger partial charge in [0.1, 0.15) is 6.17 Å². The molecule has 0 unspecified atom stereocenters. The van der Waals surface area contributed by atoms with E-state index in [2.05, 4.69) is 34.4 Å². The van der Waals surface area contributed by atoms with Gasteiger partial charge in [-0.15, -0.1) is 11.3 Å². The first-order valence-corrected chi connectivity index (χ1v) is 8.09. The lowest BCUT2D eigenvalue weighted by Crippen LogP contribution is -2.47. The van der Waals surface area contributed by atoms with Gasteiger partial charge in [-0.2, -0.15) is 0 Å². The van der Waals surface area contributed by atoms with Crippen LogP contribution in [0.4, 0.5) is 4.39 Å². The fourth-order valence-electron chi connectivity index (χ4n) is 3.03. The molecule has 5 heteroatoms. The van der Waals surface area contributed by atoms with Gasteiger partial charge in [-0.1, -0.05) is 6.07 Å². The molecule has 0 spiro atoms. The molecule has 20 heavy (non-hydrogen) atoms. The second kappa shape index (κ2) is 6.52. The van der Waals surface area contributed by atoms with E-state index in [1.54, 1.807) is 11.3 Å². The molecule has 1 aromatic rings. The smallest absolute Gasteiger partial charge is 0.114 e. The fraction of sp³-hybridized carbons (Fsp3) is 0.733. The average molecular weight is 299 g/mol. The molecule has 2 N–H and O–H groups in total. The number of hydrogen-bond donors (Lipinski definition) is 1. The van der Waals surface area contributed by atoms with Crippen LogP contribution in [0.2, 0.25) is 0 Å². The SMILES string of the molecule is CN(C[C@@H]1C[C@H](F)CN1Cc1cccs1)CC(C)(C)N. The van der Waals surface area contributed by atoms with Crippen LogP contribution in [-0.4, -0.2) is 54.2 Å². The summed E-state index contributed by atoms with van der Waals surface area (Å²) < 4.78 is 13.8. The van der Waals surface area contributed by atoms with E-state index in [0.29, 0.717) is 19.0 Å². The average Bonchev–Trinajstić information content (AvgIpc) is 2.87. The number of halogens is 1. The van der Waals surface area contributed by atoms with Crippen molar-refractivity contribution >= 4 is 11.3 Å². The monoisotopic (exact) mass is 299 g/mol. The molecular weight excluding hydrogens is 273 g/mol. The lowest BCUT2D eigenvalue weighted by Gasteiger charge is -2.31. The number of likely N-dealkylation sites (tertiary alicyclic amines) is 1. The minimum Gasteiger partial charge on any atom is -0.324 e. The molecule has 2 rings (SSSR count). The molecule has 0 amide bonds. The van der Waals surface area contributed by atoms with E-state index < -0.39 is 6.17 Å². The Balaban J connectivity index is 1.91. The summed E-state index contributed by atoms with van der Waals surface area (Å²) in [4.78, 5) is 5.81. The van der Waals surface area contributed by atoms with Gasteiger partial charge in [-0.05, 0) is 38.8 Å². The van der Waals surface area contributed by atoms with Crippen LogP contribution in [0.1, 0.15) is 25.1 Å². The fourth-order valence-corrected chi connectivity index (χ4v) is 3.76. The molecule has 1 aliphatic heterocycles. The topological polar surface area (TPSA) is 32.5 Å². The van der Waals surface area contributed by atoms with Crippen LogP contribution in [0.15, 0.2) is 17.5 Å². The van der Waals surface area contributed by atoms with E-state index in [9.17, 15) is 4.39 Å². The molecule has 0 bridgehead atoms. The van der Waals surface area contributed by atoms with E-state index in [4.69, 9.17) is 5.73 Å². The summed E-state index contributed by atoms with van der Waals surface area (Å²) in [6.45, 7) is 7.18. The maximum absolute atomic E-state index is 13.8. The number of alkyl halides is 1. The molecule has 2 atom stereocenters. The van der Waals surface area contributed by atoms with Crippen LogP contribution in [-0.2, 0) is 6.54 Å². The standard InChI is InChI=1S/C15H26FN3S/c1-15(2,17)11-18(3)9-13-7-12(16)8-19(13)10-14-5-4-6-20-14/h4-6,12-13H,7-11,17H2,1-3H3/t12-,13-/m0/s1. The van der Waals surface area contributed by atoms with Gasteiger partial charge < -0.3 is 10.6 Å². The molecule has 1 saturated heterocycles. The summed E-state index contributed by atoms with van der Waals surface area (Å²) in [7, 11) is 2.07. The van der Waals surface area contributed by atoms with E-state index in [1.807, 2.05) is 13.8 Å². The van der Waals surface area contributed by atoms with Gasteiger partial charge in [0.25, 0.3) is 0 Å². The first-order valence-electron chi connectivity index (χ1n) is 7.21. The highest BCUT2D eigenvalue weighted by Gasteiger charge is 2.33. The predicted octanol–water partition coefficient (Wildman–Crippen LogP) is 2.33. The van der Waals surface area contributed by atoms with Crippen molar-refractivity contribution in [3.05, 3.63) is 22.4 Å². The van der Waals surface area contributed by atoms with Crippen molar-refractivity contribution in [3.63, 3.8) is 0 Å². The summed E-state index contributed by atoms with van der Waals surface area (Å²) in [5.41, 5.74) is 5.85. The molecule has 0 aromatic carbocycles. The summed E-state index contributed by atoms with van der Waals surface area (Å²) in [6.07, 6.45) is -0.0555.